The van der Waals surface area contributed by atoms with Crippen molar-refractivity contribution in [3.8, 4) is 17.0 Å². The van der Waals surface area contributed by atoms with Crippen molar-refractivity contribution in [2.24, 2.45) is 0 Å². The number of anilines is 3. The molecule has 29 heavy (non-hydrogen) atoms. The van der Waals surface area contributed by atoms with Crippen LogP contribution in [0.25, 0.3) is 11.3 Å². The molecular formula is C20H16F4N4O. The fraction of sp³-hybridized carbons (Fsp3) is 0.200. The maximum absolute atomic E-state index is 14.0. The van der Waals surface area contributed by atoms with Gasteiger partial charge in [0.25, 0.3) is 0 Å². The molecule has 3 aromatic rings. The molecule has 0 radical (unpaired) electrons. The molecule has 2 aromatic carbocycles. The van der Waals surface area contributed by atoms with E-state index in [1.807, 2.05) is 0 Å². The van der Waals surface area contributed by atoms with E-state index in [4.69, 9.17) is 0 Å². The van der Waals surface area contributed by atoms with Crippen molar-refractivity contribution < 1.29 is 22.3 Å². The van der Waals surface area contributed by atoms with Gasteiger partial charge in [0.05, 0.1) is 11.4 Å². The highest BCUT2D eigenvalue weighted by Gasteiger charge is 2.31. The lowest BCUT2D eigenvalue weighted by Crippen LogP contribution is -2.17. The fourth-order valence-corrected chi connectivity index (χ4v) is 2.69. The molecule has 0 aliphatic heterocycles. The van der Waals surface area contributed by atoms with Crippen LogP contribution in [-0.2, 0) is 0 Å². The second-order valence-corrected chi connectivity index (χ2v) is 6.56. The lowest BCUT2D eigenvalue weighted by Gasteiger charge is -2.13. The van der Waals surface area contributed by atoms with Crippen LogP contribution in [0.5, 0.6) is 5.75 Å². The van der Waals surface area contributed by atoms with Crippen molar-refractivity contribution in [3.05, 3.63) is 60.4 Å². The highest BCUT2D eigenvalue weighted by molar-refractivity contribution is 5.68. The molecule has 5 nitrogen and oxygen atoms in total. The molecule has 9 heteroatoms. The second-order valence-electron chi connectivity index (χ2n) is 6.56. The normalized spacial score (nSPS) is 13.8. The Labute approximate surface area is 163 Å². The summed E-state index contributed by atoms with van der Waals surface area (Å²) in [7, 11) is 0. The summed E-state index contributed by atoms with van der Waals surface area (Å²) in [4.78, 5) is 8.74. The van der Waals surface area contributed by atoms with Crippen LogP contribution >= 0.6 is 0 Å². The van der Waals surface area contributed by atoms with Crippen molar-refractivity contribution in [1.29, 1.82) is 0 Å². The summed E-state index contributed by atoms with van der Waals surface area (Å²) in [6.45, 7) is 0. The molecule has 1 fully saturated rings. The number of nitrogens with one attached hydrogen (secondary N) is 2. The van der Waals surface area contributed by atoms with Gasteiger partial charge in [0.2, 0.25) is 5.95 Å². The lowest BCUT2D eigenvalue weighted by molar-refractivity contribution is -0.274. The molecule has 1 aliphatic carbocycles. The number of benzene rings is 2. The number of para-hydroxylation sites is 1. The van der Waals surface area contributed by atoms with Gasteiger partial charge in [0, 0.05) is 17.7 Å². The Kier molecular flexibility index (Phi) is 4.96. The molecule has 0 bridgehead atoms. The van der Waals surface area contributed by atoms with E-state index < -0.39 is 12.2 Å². The van der Waals surface area contributed by atoms with E-state index in [9.17, 15) is 17.6 Å². The summed E-state index contributed by atoms with van der Waals surface area (Å²) >= 11 is 0. The standard InChI is InChI=1S/C20H16F4N4O/c21-15-6-1-2-7-16(15)26-18-11-17(27-19(28-18)25-13-8-9-13)12-4-3-5-14(10-12)29-20(22,23)24/h1-7,10-11,13H,8-9H2,(H2,25,26,27,28). The monoisotopic (exact) mass is 404 g/mol. The van der Waals surface area contributed by atoms with Crippen LogP contribution in [0, 0.1) is 5.82 Å². The predicted molar refractivity (Wildman–Crippen MR) is 100 cm³/mol. The Hall–Kier alpha value is -3.36. The fourth-order valence-electron chi connectivity index (χ4n) is 2.69. The van der Waals surface area contributed by atoms with Gasteiger partial charge in [-0.25, -0.2) is 9.37 Å². The van der Waals surface area contributed by atoms with E-state index in [2.05, 4.69) is 25.3 Å². The van der Waals surface area contributed by atoms with Crippen molar-refractivity contribution >= 4 is 17.5 Å². The van der Waals surface area contributed by atoms with Gasteiger partial charge in [-0.3, -0.25) is 0 Å². The highest BCUT2D eigenvalue weighted by atomic mass is 19.4. The van der Waals surface area contributed by atoms with Gasteiger partial charge < -0.3 is 15.4 Å². The van der Waals surface area contributed by atoms with E-state index in [1.165, 1.54) is 30.3 Å². The minimum Gasteiger partial charge on any atom is -0.406 e. The van der Waals surface area contributed by atoms with E-state index in [1.54, 1.807) is 24.3 Å². The Morgan fingerprint density at radius 3 is 2.48 bits per heavy atom. The predicted octanol–water partition coefficient (Wildman–Crippen LogP) is 5.50. The van der Waals surface area contributed by atoms with Crippen molar-refractivity contribution in [2.45, 2.75) is 25.2 Å². The molecule has 4 rings (SSSR count). The van der Waals surface area contributed by atoms with Gasteiger partial charge in [-0.05, 0) is 37.1 Å². The van der Waals surface area contributed by atoms with Gasteiger partial charge in [0.1, 0.15) is 17.4 Å². The Bertz CT molecular complexity index is 1020. The van der Waals surface area contributed by atoms with Crippen LogP contribution in [0.2, 0.25) is 0 Å². The summed E-state index contributed by atoms with van der Waals surface area (Å²) in [5, 5.41) is 6.04. The zero-order chi connectivity index (χ0) is 20.4. The smallest absolute Gasteiger partial charge is 0.406 e. The second kappa shape index (κ2) is 7.57. The summed E-state index contributed by atoms with van der Waals surface area (Å²) in [5.74, 6) is -0.185. The number of hydrogen-bond donors (Lipinski definition) is 2. The van der Waals surface area contributed by atoms with Crippen LogP contribution in [0.4, 0.5) is 35.0 Å². The Morgan fingerprint density at radius 1 is 0.966 bits per heavy atom. The van der Waals surface area contributed by atoms with E-state index in [0.29, 0.717) is 23.0 Å². The van der Waals surface area contributed by atoms with Crippen LogP contribution in [0.1, 0.15) is 12.8 Å². The molecule has 1 aromatic heterocycles. The molecule has 0 saturated heterocycles. The molecule has 0 amide bonds. The van der Waals surface area contributed by atoms with Gasteiger partial charge in [0.15, 0.2) is 0 Å². The van der Waals surface area contributed by atoms with E-state index in [-0.39, 0.29) is 17.5 Å². The first-order valence-corrected chi connectivity index (χ1v) is 8.89. The third-order valence-electron chi connectivity index (χ3n) is 4.14. The Morgan fingerprint density at radius 2 is 1.76 bits per heavy atom. The number of aromatic nitrogens is 2. The number of hydrogen-bond acceptors (Lipinski definition) is 5. The van der Waals surface area contributed by atoms with Crippen LogP contribution in [-0.4, -0.2) is 22.4 Å². The number of ether oxygens (including phenoxy) is 1. The molecule has 1 saturated carbocycles. The number of rotatable bonds is 6. The SMILES string of the molecule is Fc1ccccc1Nc1cc(-c2cccc(OC(F)(F)F)c2)nc(NC2CC2)n1. The molecule has 1 aliphatic rings. The number of alkyl halides is 3. The van der Waals surface area contributed by atoms with Gasteiger partial charge in [-0.15, -0.1) is 13.2 Å². The topological polar surface area (TPSA) is 59.1 Å². The van der Waals surface area contributed by atoms with Crippen molar-refractivity contribution in [1.82, 2.24) is 9.97 Å². The maximum atomic E-state index is 14.0. The van der Waals surface area contributed by atoms with Crippen LogP contribution in [0.3, 0.4) is 0 Å². The molecule has 2 N–H and O–H groups in total. The largest absolute Gasteiger partial charge is 0.573 e. The summed E-state index contributed by atoms with van der Waals surface area (Å²) in [6, 6.07) is 13.4. The van der Waals surface area contributed by atoms with Gasteiger partial charge in [-0.2, -0.15) is 4.98 Å². The number of nitrogens with zero attached hydrogens (tertiary/aromatic N) is 2. The summed E-state index contributed by atoms with van der Waals surface area (Å²) < 4.78 is 55.6. The molecule has 150 valence electrons. The summed E-state index contributed by atoms with van der Waals surface area (Å²) in [6.07, 6.45) is -2.82. The first-order valence-electron chi connectivity index (χ1n) is 8.89. The van der Waals surface area contributed by atoms with E-state index in [0.717, 1.165) is 12.8 Å². The van der Waals surface area contributed by atoms with Crippen molar-refractivity contribution in [2.75, 3.05) is 10.6 Å². The molecule has 0 atom stereocenters. The molecule has 1 heterocycles. The Balaban J connectivity index is 1.69. The van der Waals surface area contributed by atoms with Crippen molar-refractivity contribution in [3.63, 3.8) is 0 Å². The maximum Gasteiger partial charge on any atom is 0.573 e. The average Bonchev–Trinajstić information content (AvgIpc) is 3.46. The number of halogens is 4. The first-order chi connectivity index (χ1) is 13.9. The minimum atomic E-state index is -4.79. The minimum absolute atomic E-state index is 0.226. The van der Waals surface area contributed by atoms with E-state index >= 15 is 0 Å². The van der Waals surface area contributed by atoms with Crippen LogP contribution < -0.4 is 15.4 Å². The quantitative estimate of drug-likeness (QED) is 0.532. The zero-order valence-corrected chi connectivity index (χ0v) is 15.0. The van der Waals surface area contributed by atoms with Gasteiger partial charge in [-0.1, -0.05) is 24.3 Å². The summed E-state index contributed by atoms with van der Waals surface area (Å²) in [5.41, 5.74) is 1.00. The lowest BCUT2D eigenvalue weighted by atomic mass is 10.1. The average molecular weight is 404 g/mol. The zero-order valence-electron chi connectivity index (χ0n) is 15.0. The molecule has 0 unspecified atom stereocenters. The third kappa shape index (κ3) is 5.13. The van der Waals surface area contributed by atoms with Crippen LogP contribution in [0.15, 0.2) is 54.6 Å². The van der Waals surface area contributed by atoms with Gasteiger partial charge >= 0.3 is 6.36 Å². The third-order valence-corrected chi connectivity index (χ3v) is 4.14. The first kappa shape index (κ1) is 19.0. The molecule has 0 spiro atoms. The molecular weight excluding hydrogens is 388 g/mol. The highest BCUT2D eigenvalue weighted by Crippen LogP contribution is 2.31.